The number of sulfonamides is 1. The predicted octanol–water partition coefficient (Wildman–Crippen LogP) is 1.48. The first-order valence-electron chi connectivity index (χ1n) is 6.11. The second kappa shape index (κ2) is 4.09. The van der Waals surface area contributed by atoms with Crippen molar-refractivity contribution in [2.75, 3.05) is 10.8 Å². The molecule has 0 radical (unpaired) electrons. The zero-order valence-electron chi connectivity index (χ0n) is 10.9. The average Bonchev–Trinajstić information content (AvgIpc) is 2.95. The van der Waals surface area contributed by atoms with Gasteiger partial charge < -0.3 is 0 Å². The third-order valence-corrected chi connectivity index (χ3v) is 5.52. The minimum absolute atomic E-state index is 0.284. The van der Waals surface area contributed by atoms with E-state index in [4.69, 9.17) is 0 Å². The third kappa shape index (κ3) is 1.74. The van der Waals surface area contributed by atoms with Gasteiger partial charge in [0.05, 0.1) is 17.6 Å². The molecule has 5 nitrogen and oxygen atoms in total. The molecule has 6 heteroatoms. The summed E-state index contributed by atoms with van der Waals surface area (Å²) in [5.74, 6) is 0. The highest BCUT2D eigenvalue weighted by Crippen LogP contribution is 2.33. The van der Waals surface area contributed by atoms with Gasteiger partial charge in [-0.1, -0.05) is 18.2 Å². The minimum Gasteiger partial charge on any atom is -0.272 e. The fourth-order valence-corrected chi connectivity index (χ4v) is 4.10. The van der Waals surface area contributed by atoms with Gasteiger partial charge >= 0.3 is 0 Å². The molecule has 0 spiro atoms. The molecule has 0 aliphatic carbocycles. The van der Waals surface area contributed by atoms with Gasteiger partial charge in [0.15, 0.2) is 0 Å². The Hall–Kier alpha value is -1.82. The molecule has 0 unspecified atom stereocenters. The Morgan fingerprint density at radius 1 is 1.26 bits per heavy atom. The van der Waals surface area contributed by atoms with Crippen LogP contribution >= 0.6 is 0 Å². The zero-order valence-corrected chi connectivity index (χ0v) is 11.7. The van der Waals surface area contributed by atoms with E-state index in [2.05, 4.69) is 5.10 Å². The van der Waals surface area contributed by atoms with Crippen molar-refractivity contribution in [2.24, 2.45) is 7.05 Å². The molecule has 0 fully saturated rings. The Kier molecular flexibility index (Phi) is 2.63. The van der Waals surface area contributed by atoms with Crippen molar-refractivity contribution in [1.82, 2.24) is 9.78 Å². The first kappa shape index (κ1) is 12.2. The van der Waals surface area contributed by atoms with E-state index in [0.717, 1.165) is 17.7 Å². The molecule has 1 aromatic heterocycles. The lowest BCUT2D eigenvalue weighted by Crippen LogP contribution is -2.29. The van der Waals surface area contributed by atoms with Crippen LogP contribution in [0.1, 0.15) is 11.3 Å². The smallest absolute Gasteiger partial charge is 0.267 e. The number of aryl methyl sites for hydroxylation is 1. The Bertz CT molecular complexity index is 734. The van der Waals surface area contributed by atoms with E-state index in [1.807, 2.05) is 24.3 Å². The van der Waals surface area contributed by atoms with E-state index in [-0.39, 0.29) is 4.90 Å². The van der Waals surface area contributed by atoms with Crippen LogP contribution in [-0.4, -0.2) is 24.7 Å². The standard InChI is InChI=1S/C13H15N3O2S/c1-10-13(9-14-15(10)2)19(17,18)16-8-7-11-5-3-4-6-12(11)16/h3-6,9H,7-8H2,1-2H3. The van der Waals surface area contributed by atoms with Gasteiger partial charge in [0, 0.05) is 13.6 Å². The lowest BCUT2D eigenvalue weighted by Gasteiger charge is -2.19. The van der Waals surface area contributed by atoms with Crippen LogP contribution < -0.4 is 4.31 Å². The summed E-state index contributed by atoms with van der Waals surface area (Å²) >= 11 is 0. The van der Waals surface area contributed by atoms with E-state index >= 15 is 0 Å². The summed E-state index contributed by atoms with van der Waals surface area (Å²) in [5.41, 5.74) is 2.52. The number of anilines is 1. The summed E-state index contributed by atoms with van der Waals surface area (Å²) < 4.78 is 28.5. The summed E-state index contributed by atoms with van der Waals surface area (Å²) in [4.78, 5) is 0.284. The third-order valence-electron chi connectivity index (χ3n) is 3.60. The number of aromatic nitrogens is 2. The Labute approximate surface area is 112 Å². The maximum absolute atomic E-state index is 12.7. The molecule has 19 heavy (non-hydrogen) atoms. The highest BCUT2D eigenvalue weighted by Gasteiger charge is 2.32. The fourth-order valence-electron chi connectivity index (χ4n) is 2.41. The topological polar surface area (TPSA) is 55.2 Å². The summed E-state index contributed by atoms with van der Waals surface area (Å²) in [7, 11) is -1.77. The van der Waals surface area contributed by atoms with Crippen LogP contribution in [-0.2, 0) is 23.5 Å². The molecule has 0 amide bonds. The molecule has 0 atom stereocenters. The first-order chi connectivity index (χ1) is 9.01. The molecule has 3 rings (SSSR count). The van der Waals surface area contributed by atoms with Gasteiger partial charge in [-0.2, -0.15) is 5.10 Å². The molecule has 1 aromatic carbocycles. The number of hydrogen-bond donors (Lipinski definition) is 0. The molecule has 0 N–H and O–H groups in total. The van der Waals surface area contributed by atoms with Crippen LogP contribution in [0.3, 0.4) is 0 Å². The molecule has 0 saturated carbocycles. The van der Waals surface area contributed by atoms with Crippen LogP contribution in [0.2, 0.25) is 0 Å². The number of nitrogens with zero attached hydrogens (tertiary/aromatic N) is 3. The number of rotatable bonds is 2. The lowest BCUT2D eigenvalue weighted by atomic mass is 10.2. The Morgan fingerprint density at radius 3 is 2.68 bits per heavy atom. The van der Waals surface area contributed by atoms with E-state index in [9.17, 15) is 8.42 Å². The summed E-state index contributed by atoms with van der Waals surface area (Å²) in [6.07, 6.45) is 2.18. The predicted molar refractivity (Wildman–Crippen MR) is 72.6 cm³/mol. The number of para-hydroxylation sites is 1. The fraction of sp³-hybridized carbons (Fsp3) is 0.308. The Morgan fingerprint density at radius 2 is 2.00 bits per heavy atom. The maximum atomic E-state index is 12.7. The van der Waals surface area contributed by atoms with Crippen LogP contribution in [0.5, 0.6) is 0 Å². The quantitative estimate of drug-likeness (QED) is 0.835. The van der Waals surface area contributed by atoms with Crippen molar-refractivity contribution in [1.29, 1.82) is 0 Å². The molecule has 0 bridgehead atoms. The minimum atomic E-state index is -3.51. The molecular formula is C13H15N3O2S. The number of hydrogen-bond acceptors (Lipinski definition) is 3. The van der Waals surface area contributed by atoms with Gasteiger partial charge in [-0.15, -0.1) is 0 Å². The van der Waals surface area contributed by atoms with Crippen molar-refractivity contribution in [3.63, 3.8) is 0 Å². The molecule has 2 aromatic rings. The Balaban J connectivity index is 2.11. The molecule has 1 aliphatic heterocycles. The highest BCUT2D eigenvalue weighted by atomic mass is 32.2. The normalized spacial score (nSPS) is 14.7. The largest absolute Gasteiger partial charge is 0.272 e. The first-order valence-corrected chi connectivity index (χ1v) is 7.55. The lowest BCUT2D eigenvalue weighted by molar-refractivity contribution is 0.591. The zero-order chi connectivity index (χ0) is 13.6. The van der Waals surface area contributed by atoms with Crippen LogP contribution in [0, 0.1) is 6.92 Å². The van der Waals surface area contributed by atoms with Gasteiger partial charge in [-0.05, 0) is 25.0 Å². The summed E-state index contributed by atoms with van der Waals surface area (Å²) in [6, 6.07) is 7.62. The SMILES string of the molecule is Cc1c(S(=O)(=O)N2CCc3ccccc32)cnn1C. The van der Waals surface area contributed by atoms with Gasteiger partial charge in [0.25, 0.3) is 10.0 Å². The van der Waals surface area contributed by atoms with Gasteiger partial charge in [0.2, 0.25) is 0 Å². The maximum Gasteiger partial charge on any atom is 0.267 e. The van der Waals surface area contributed by atoms with Crippen molar-refractivity contribution < 1.29 is 8.42 Å². The van der Waals surface area contributed by atoms with Crippen molar-refractivity contribution in [2.45, 2.75) is 18.2 Å². The van der Waals surface area contributed by atoms with Gasteiger partial charge in [-0.25, -0.2) is 8.42 Å². The van der Waals surface area contributed by atoms with Crippen molar-refractivity contribution in [3.8, 4) is 0 Å². The van der Waals surface area contributed by atoms with Gasteiger partial charge in [-0.3, -0.25) is 8.99 Å². The molecular weight excluding hydrogens is 262 g/mol. The average molecular weight is 277 g/mol. The van der Waals surface area contributed by atoms with Gasteiger partial charge in [0.1, 0.15) is 4.90 Å². The second-order valence-electron chi connectivity index (χ2n) is 4.67. The van der Waals surface area contributed by atoms with Crippen LogP contribution in [0.4, 0.5) is 5.69 Å². The number of fused-ring (bicyclic) bond motifs is 1. The molecule has 100 valence electrons. The molecule has 0 saturated heterocycles. The van der Waals surface area contributed by atoms with E-state index in [1.54, 1.807) is 18.7 Å². The van der Waals surface area contributed by atoms with Crippen LogP contribution in [0.25, 0.3) is 0 Å². The summed E-state index contributed by atoms with van der Waals surface area (Å²) in [5, 5.41) is 4.02. The van der Waals surface area contributed by atoms with E-state index in [0.29, 0.717) is 12.2 Å². The van der Waals surface area contributed by atoms with E-state index < -0.39 is 10.0 Å². The monoisotopic (exact) mass is 277 g/mol. The molecule has 2 heterocycles. The van der Waals surface area contributed by atoms with Crippen molar-refractivity contribution in [3.05, 3.63) is 41.7 Å². The van der Waals surface area contributed by atoms with Crippen LogP contribution in [0.15, 0.2) is 35.4 Å². The van der Waals surface area contributed by atoms with E-state index in [1.165, 1.54) is 10.5 Å². The highest BCUT2D eigenvalue weighted by molar-refractivity contribution is 7.92. The second-order valence-corrected chi connectivity index (χ2v) is 6.50. The molecule has 1 aliphatic rings. The number of benzene rings is 1. The summed E-state index contributed by atoms with van der Waals surface area (Å²) in [6.45, 7) is 2.26. The van der Waals surface area contributed by atoms with Crippen molar-refractivity contribution >= 4 is 15.7 Å².